The number of aromatic nitrogens is 2. The second-order valence-electron chi connectivity index (χ2n) is 6.58. The van der Waals surface area contributed by atoms with Crippen LogP contribution in [0.4, 0.5) is 17.2 Å². The number of benzene rings is 2. The van der Waals surface area contributed by atoms with Crippen LogP contribution in [-0.4, -0.2) is 48.5 Å². The van der Waals surface area contributed by atoms with Crippen LogP contribution < -0.4 is 16.0 Å². The average molecular weight is 585 g/mol. The molecule has 0 aliphatic carbocycles. The minimum atomic E-state index is -0.0305. The number of nitrogens with zero attached hydrogens (tertiary/aromatic N) is 3. The summed E-state index contributed by atoms with van der Waals surface area (Å²) in [5, 5.41) is 7.73. The summed E-state index contributed by atoms with van der Waals surface area (Å²) in [4.78, 5) is 15.2. The van der Waals surface area contributed by atoms with Gasteiger partial charge in [-0.05, 0) is 36.2 Å². The van der Waals surface area contributed by atoms with Gasteiger partial charge in [0.05, 0.1) is 24.1 Å². The van der Waals surface area contributed by atoms with E-state index in [1.54, 1.807) is 15.8 Å². The Morgan fingerprint density at radius 1 is 1.09 bits per heavy atom. The molecule has 35 heavy (non-hydrogen) atoms. The van der Waals surface area contributed by atoms with Gasteiger partial charge in [0.25, 0.3) is 5.91 Å². The maximum absolute atomic E-state index is 13.4. The van der Waals surface area contributed by atoms with Crippen molar-refractivity contribution in [2.45, 2.75) is 20.0 Å². The van der Waals surface area contributed by atoms with E-state index in [-0.39, 0.29) is 38.8 Å². The molecule has 15 N–H and O–H groups in total. The third-order valence-electron chi connectivity index (χ3n) is 4.79. The van der Waals surface area contributed by atoms with E-state index in [2.05, 4.69) is 10.4 Å². The van der Waals surface area contributed by atoms with E-state index < -0.39 is 0 Å². The Hall–Kier alpha value is -2.27. The fourth-order valence-corrected chi connectivity index (χ4v) is 3.38. The van der Waals surface area contributed by atoms with Gasteiger partial charge in [0, 0.05) is 24.7 Å². The zero-order valence-corrected chi connectivity index (χ0v) is 21.5. The Labute approximate surface area is 217 Å². The van der Waals surface area contributed by atoms with Gasteiger partial charge in [-0.3, -0.25) is 9.48 Å². The van der Waals surface area contributed by atoms with Gasteiger partial charge in [-0.15, -0.1) is 0 Å². The molecule has 1 aliphatic heterocycles. The second kappa shape index (κ2) is 18.1. The second-order valence-corrected chi connectivity index (χ2v) is 8.30. The fourth-order valence-electron chi connectivity index (χ4n) is 3.38. The van der Waals surface area contributed by atoms with Crippen LogP contribution in [0.3, 0.4) is 0 Å². The number of hydrogen-bond donors (Lipinski definition) is 2. The molecule has 0 fully saturated rings. The van der Waals surface area contributed by atoms with Gasteiger partial charge in [0.2, 0.25) is 0 Å². The van der Waals surface area contributed by atoms with Gasteiger partial charge in [-0.2, -0.15) is 5.10 Å². The molecule has 0 saturated carbocycles. The van der Waals surface area contributed by atoms with Crippen molar-refractivity contribution in [1.29, 1.82) is 0 Å². The molecule has 2 heterocycles. The molecule has 12 nitrogen and oxygen atoms in total. The van der Waals surface area contributed by atoms with Crippen molar-refractivity contribution in [3.63, 3.8) is 0 Å². The van der Waals surface area contributed by atoms with Crippen molar-refractivity contribution < 1.29 is 50.5 Å². The van der Waals surface area contributed by atoms with Crippen molar-refractivity contribution in [3.05, 3.63) is 70.9 Å². The van der Waals surface area contributed by atoms with Crippen LogP contribution in [0, 0.1) is 6.92 Å². The topological polar surface area (TPSA) is 265 Å². The Morgan fingerprint density at radius 2 is 1.69 bits per heavy atom. The summed E-state index contributed by atoms with van der Waals surface area (Å²) >= 11 is 0.382. The zero-order valence-electron chi connectivity index (χ0n) is 18.9. The van der Waals surface area contributed by atoms with E-state index >= 15 is 0 Å². The van der Waals surface area contributed by atoms with E-state index in [1.165, 1.54) is 0 Å². The Kier molecular flexibility index (Phi) is 20.6. The molecular formula is C20H33Cl2CoN5O7. The molecule has 1 amide bonds. The molecule has 0 bridgehead atoms. The molecule has 203 valence electrons. The average Bonchev–Trinajstić information content (AvgIpc) is 2.96. The Balaban J connectivity index is -0.000000509. The minimum absolute atomic E-state index is 0. The van der Waals surface area contributed by atoms with Crippen LogP contribution in [0.1, 0.15) is 27.0 Å². The van der Waals surface area contributed by atoms with Crippen molar-refractivity contribution in [1.82, 2.24) is 9.78 Å². The molecule has 0 unspecified atom stereocenters. The summed E-state index contributed by atoms with van der Waals surface area (Å²) in [5.41, 5.74) is 11.1. The molecule has 1 aromatic heterocycles. The number of nitrogens with one attached hydrogen (secondary N) is 1. The van der Waals surface area contributed by atoms with Crippen LogP contribution >= 0.6 is 20.3 Å². The Morgan fingerprint density at radius 3 is 2.26 bits per heavy atom. The molecule has 15 heteroatoms. The van der Waals surface area contributed by atoms with Crippen LogP contribution in [0.25, 0.3) is 0 Å². The number of hydrogen-bond acceptors (Lipinski definition) is 4. The van der Waals surface area contributed by atoms with Crippen LogP contribution in [0.15, 0.2) is 48.7 Å². The molecule has 0 atom stereocenters. The van der Waals surface area contributed by atoms with Crippen molar-refractivity contribution in [2.24, 2.45) is 12.8 Å². The maximum atomic E-state index is 13.4. The molecule has 1 aliphatic rings. The van der Waals surface area contributed by atoms with Gasteiger partial charge in [0.15, 0.2) is 0 Å². The first-order valence-corrected chi connectivity index (χ1v) is 11.7. The number of aryl methyl sites for hydroxylation is 2. The Bertz CT molecular complexity index is 1040. The predicted octanol–water partition coefficient (Wildman–Crippen LogP) is -0.480. The molecule has 3 aromatic rings. The number of carbonyl (C=O) groups excluding carboxylic acids is 1. The van der Waals surface area contributed by atoms with Crippen LogP contribution in [0.2, 0.25) is 0 Å². The number of carbonyl (C=O) groups is 1. The number of anilines is 3. The zero-order chi connectivity index (χ0) is 21.0. The van der Waals surface area contributed by atoms with Gasteiger partial charge in [0.1, 0.15) is 5.82 Å². The van der Waals surface area contributed by atoms with Crippen molar-refractivity contribution >= 4 is 43.4 Å². The molecular weight excluding hydrogens is 552 g/mol. The molecule has 0 radical (unpaired) electrons. The summed E-state index contributed by atoms with van der Waals surface area (Å²) in [6.45, 7) is 2.87. The molecule has 2 aromatic carbocycles. The van der Waals surface area contributed by atoms with Crippen LogP contribution in [0.5, 0.6) is 0 Å². The predicted molar refractivity (Wildman–Crippen MR) is 136 cm³/mol. The van der Waals surface area contributed by atoms with Gasteiger partial charge < -0.3 is 48.8 Å². The number of nitrogens with two attached hydrogens (primary N) is 1. The first kappa shape index (κ1) is 39.9. The van der Waals surface area contributed by atoms with E-state index in [9.17, 15) is 4.79 Å². The van der Waals surface area contributed by atoms with E-state index in [1.807, 2.05) is 56.4 Å². The first-order valence-electron chi connectivity index (χ1n) is 8.82. The third kappa shape index (κ3) is 8.71. The number of amides is 1. The monoisotopic (exact) mass is 584 g/mol. The molecule has 0 saturated heterocycles. The third-order valence-corrected chi connectivity index (χ3v) is 4.79. The summed E-state index contributed by atoms with van der Waals surface area (Å²) in [6, 6.07) is 13.6. The standard InChI is InChI=1S/C20H21N5O.2ClH.Co.6H2O/c1-13-9-14(10-21)7-8-16(13)20(26)25-12-15-11-22-24(2)19(15)23-17-5-3-4-6-18(17)25;;;;;;;;;/h3-9,11,23H,10,12,21H2,1-2H3;2*1H;;6*1H2/q;;;+2;;;;;;/p-2. The van der Waals surface area contributed by atoms with Crippen molar-refractivity contribution in [2.75, 3.05) is 10.2 Å². The number of rotatable bonds is 2. The molecule has 0 spiro atoms. The normalized spacial score (nSPS) is 10.1. The van der Waals surface area contributed by atoms with Crippen LogP contribution in [-0.2, 0) is 33.0 Å². The summed E-state index contributed by atoms with van der Waals surface area (Å²) < 4.78 is 1.79. The number of fused-ring (bicyclic) bond motifs is 2. The van der Waals surface area contributed by atoms with Gasteiger partial charge >= 0.3 is 33.2 Å². The van der Waals surface area contributed by atoms with Gasteiger partial charge in [-0.1, -0.05) is 24.3 Å². The fraction of sp³-hybridized carbons (Fsp3) is 0.200. The first-order chi connectivity index (χ1) is 14.0. The van der Waals surface area contributed by atoms with E-state index in [4.69, 9.17) is 26.0 Å². The summed E-state index contributed by atoms with van der Waals surface area (Å²) in [6.07, 6.45) is 1.80. The molecule has 4 rings (SSSR count). The quantitative estimate of drug-likeness (QED) is 0.403. The summed E-state index contributed by atoms with van der Waals surface area (Å²) in [7, 11) is 11.4. The van der Waals surface area contributed by atoms with Gasteiger partial charge in [-0.25, -0.2) is 0 Å². The van der Waals surface area contributed by atoms with Crippen molar-refractivity contribution in [3.8, 4) is 0 Å². The van der Waals surface area contributed by atoms with E-state index in [0.29, 0.717) is 31.5 Å². The van der Waals surface area contributed by atoms with E-state index in [0.717, 1.165) is 33.9 Å². The SMILES string of the molecule is Cc1cc(CN)ccc1C(=O)N1Cc2cnn(C)c2Nc2ccccc21.O.O.O.O.O.O.[Cl][Co][Cl]. The number of para-hydroxylation sites is 2. The summed E-state index contributed by atoms with van der Waals surface area (Å²) in [5.74, 6) is 0.875. The number of halogens is 2.